The highest BCUT2D eigenvalue weighted by Crippen LogP contribution is 2.30. The minimum absolute atomic E-state index is 0.0267. The van der Waals surface area contributed by atoms with Gasteiger partial charge in [-0.25, -0.2) is 18.0 Å². The molecule has 83 heavy (non-hydrogen) atoms. The molecule has 29 heteroatoms. The average molecular weight is 1200 g/mol. The normalized spacial score (nSPS) is 22.2. The number of hydrogen-bond donors (Lipinski definition) is 5. The van der Waals surface area contributed by atoms with E-state index in [4.69, 9.17) is 42.7 Å². The first-order valence-corrected chi connectivity index (χ1v) is 29.3. The fourth-order valence-corrected chi connectivity index (χ4v) is 9.99. The number of carbonyl (C=O) groups is 10. The Morgan fingerprint density at radius 1 is 0.735 bits per heavy atom. The fourth-order valence-electron chi connectivity index (χ4n) is 9.21. The van der Waals surface area contributed by atoms with Gasteiger partial charge in [-0.1, -0.05) is 44.4 Å². The number of aryl methyl sites for hydroxylation is 1. The summed E-state index contributed by atoms with van der Waals surface area (Å²) in [7, 11) is -4.36. The number of benzene rings is 1. The van der Waals surface area contributed by atoms with Crippen LogP contribution in [-0.2, 0) is 95.9 Å². The van der Waals surface area contributed by atoms with Gasteiger partial charge in [0, 0.05) is 54.0 Å². The summed E-state index contributed by atoms with van der Waals surface area (Å²) in [6, 6.07) is -3.26. The van der Waals surface area contributed by atoms with Crippen LogP contribution in [0.1, 0.15) is 126 Å². The van der Waals surface area contributed by atoms with Crippen LogP contribution in [0.15, 0.2) is 29.2 Å². The average Bonchev–Trinajstić information content (AvgIpc) is 4.04. The van der Waals surface area contributed by atoms with Crippen LogP contribution in [0.2, 0.25) is 0 Å². The van der Waals surface area contributed by atoms with Gasteiger partial charge in [0.1, 0.15) is 54.6 Å². The molecule has 0 aromatic heterocycles. The molecule has 4 rings (SSSR count). The number of sulfonamides is 1. The van der Waals surface area contributed by atoms with E-state index in [-0.39, 0.29) is 57.1 Å². The van der Waals surface area contributed by atoms with Crippen molar-refractivity contribution < 1.29 is 99.1 Å². The lowest BCUT2D eigenvalue weighted by Crippen LogP contribution is -2.68. The zero-order valence-electron chi connectivity index (χ0n) is 49.1. The summed E-state index contributed by atoms with van der Waals surface area (Å²) in [5.41, 5.74) is -0.166. The first kappa shape index (κ1) is 69.0. The first-order valence-electron chi connectivity index (χ1n) is 27.8. The van der Waals surface area contributed by atoms with Gasteiger partial charge in [0.25, 0.3) is 10.0 Å². The SMILES string of the molecule is CCCCOC[C@H](NC(=O)OC(C)(C)C)C(=O)N1CCCC1C(=O)N[C@H](C(=O)N[C@@H](COCCCC)C(=O)N1CCCC1C(=O)ONS(=O)(=O)c1ccc(C)cc1)C(C)O[C@@H]1OC(COC(C)=O)[C@@H](OC(C)=O)C(OC(C)=O)C1NC(C)=O. The maximum atomic E-state index is 15.1. The number of amides is 6. The molecule has 466 valence electrons. The largest absolute Gasteiger partial charge is 0.463 e. The summed E-state index contributed by atoms with van der Waals surface area (Å²) in [5, 5.41) is 10.4. The number of ether oxygens (including phenoxy) is 8. The van der Waals surface area contributed by atoms with Gasteiger partial charge in [-0.05, 0) is 90.2 Å². The Kier molecular flexibility index (Phi) is 27.0. The molecule has 1 aromatic carbocycles. The van der Waals surface area contributed by atoms with Crippen LogP contribution in [0.25, 0.3) is 0 Å². The van der Waals surface area contributed by atoms with Crippen LogP contribution in [-0.4, -0.2) is 196 Å². The Bertz CT molecular complexity index is 2530. The molecule has 3 aliphatic heterocycles. The highest BCUT2D eigenvalue weighted by molar-refractivity contribution is 7.89. The molecule has 3 heterocycles. The van der Waals surface area contributed by atoms with E-state index in [2.05, 4.69) is 21.3 Å². The molecule has 0 aliphatic carbocycles. The lowest BCUT2D eigenvalue weighted by molar-refractivity contribution is -0.287. The predicted molar refractivity (Wildman–Crippen MR) is 290 cm³/mol. The maximum Gasteiger partial charge on any atom is 0.408 e. The van der Waals surface area contributed by atoms with Crippen molar-refractivity contribution in [3.63, 3.8) is 0 Å². The summed E-state index contributed by atoms with van der Waals surface area (Å²) >= 11 is 0. The second-order valence-electron chi connectivity index (χ2n) is 21.4. The number of esters is 3. The molecule has 11 atom stereocenters. The molecule has 28 nitrogen and oxygen atoms in total. The third-order valence-electron chi connectivity index (χ3n) is 13.2. The predicted octanol–water partition coefficient (Wildman–Crippen LogP) is 1.27. The Morgan fingerprint density at radius 2 is 1.28 bits per heavy atom. The second kappa shape index (κ2) is 32.5. The van der Waals surface area contributed by atoms with Crippen molar-refractivity contribution in [1.29, 1.82) is 0 Å². The van der Waals surface area contributed by atoms with Crippen molar-refractivity contribution in [3.8, 4) is 0 Å². The van der Waals surface area contributed by atoms with E-state index in [0.717, 1.165) is 44.6 Å². The van der Waals surface area contributed by atoms with Gasteiger partial charge >= 0.3 is 30.0 Å². The van der Waals surface area contributed by atoms with Crippen molar-refractivity contribution in [2.45, 2.75) is 205 Å². The molecule has 3 saturated heterocycles. The van der Waals surface area contributed by atoms with Crippen molar-refractivity contribution >= 4 is 69.5 Å². The van der Waals surface area contributed by atoms with Gasteiger partial charge < -0.3 is 73.8 Å². The van der Waals surface area contributed by atoms with E-state index in [1.54, 1.807) is 39.8 Å². The third-order valence-corrected chi connectivity index (χ3v) is 14.4. The van der Waals surface area contributed by atoms with E-state index in [0.29, 0.717) is 25.7 Å². The molecule has 5 N–H and O–H groups in total. The topological polar surface area (TPSA) is 355 Å². The molecular weight excluding hydrogens is 1110 g/mol. The summed E-state index contributed by atoms with van der Waals surface area (Å²) in [6.45, 7) is 15.1. The number of nitrogens with one attached hydrogen (secondary N) is 5. The summed E-state index contributed by atoms with van der Waals surface area (Å²) < 4.78 is 72.2. The minimum Gasteiger partial charge on any atom is -0.463 e. The van der Waals surface area contributed by atoms with E-state index < -0.39 is 155 Å². The van der Waals surface area contributed by atoms with E-state index in [1.165, 1.54) is 24.0 Å². The lowest BCUT2D eigenvalue weighted by Gasteiger charge is -2.46. The third kappa shape index (κ3) is 21.6. The number of rotatable bonds is 29. The van der Waals surface area contributed by atoms with Gasteiger partial charge in [-0.3, -0.25) is 38.4 Å². The number of hydrogen-bond acceptors (Lipinski definition) is 21. The van der Waals surface area contributed by atoms with Gasteiger partial charge in [-0.15, -0.1) is 0 Å². The molecule has 0 spiro atoms. The Labute approximate surface area is 484 Å². The zero-order chi connectivity index (χ0) is 61.8. The summed E-state index contributed by atoms with van der Waals surface area (Å²) in [6.07, 6.45) is -5.58. The van der Waals surface area contributed by atoms with Crippen LogP contribution in [0.4, 0.5) is 4.79 Å². The standard InChI is InChI=1S/C54H83N7O21S/c1-12-14-26-74-28-38(49(68)61-25-17-19-41(61)51(70)82-59-83(72,73)37-22-20-31(3)21-23-37)56-48(67)43(58-47(66)40-18-16-24-60(40)50(69)39(29-75-27-15-13-2)57-53(71)81-54(9,10)11)32(4)77-52-44(55-33(5)62)46(79-36(8)65)45(78-35(7)64)42(80-52)30-76-34(6)63/h20-23,32,38-46,52,59H,12-19,24-30H2,1-11H3,(H,55,62)(H,56,67)(H,57,71)(H,58,66)/t32?,38-,39-,40?,41?,42?,43-,44?,45+,46?,52+/m0/s1. The molecule has 3 fully saturated rings. The second-order valence-corrected chi connectivity index (χ2v) is 23.0. The first-order chi connectivity index (χ1) is 39.1. The number of carbonyl (C=O) groups excluding carboxylic acids is 10. The lowest BCUT2D eigenvalue weighted by atomic mass is 9.95. The van der Waals surface area contributed by atoms with Crippen molar-refractivity contribution in [2.75, 3.05) is 46.1 Å². The van der Waals surface area contributed by atoms with Gasteiger partial charge in [0.05, 0.1) is 24.2 Å². The van der Waals surface area contributed by atoms with Crippen LogP contribution in [0, 0.1) is 6.92 Å². The quantitative estimate of drug-likeness (QED) is 0.0326. The number of unbranched alkanes of at least 4 members (excludes halogenated alkanes) is 2. The van der Waals surface area contributed by atoms with Gasteiger partial charge in [0.15, 0.2) is 18.5 Å². The van der Waals surface area contributed by atoms with Crippen molar-refractivity contribution in [3.05, 3.63) is 29.8 Å². The van der Waals surface area contributed by atoms with E-state index >= 15 is 4.79 Å². The molecule has 6 amide bonds. The van der Waals surface area contributed by atoms with E-state index in [9.17, 15) is 51.6 Å². The summed E-state index contributed by atoms with van der Waals surface area (Å²) in [4.78, 5) is 145. The zero-order valence-corrected chi connectivity index (χ0v) is 50.0. The molecule has 0 bridgehead atoms. The Morgan fingerprint density at radius 3 is 1.81 bits per heavy atom. The molecule has 3 aliphatic rings. The highest BCUT2D eigenvalue weighted by atomic mass is 32.2. The molecule has 0 radical (unpaired) electrons. The molecule has 0 saturated carbocycles. The fraction of sp³-hybridized carbons (Fsp3) is 0.704. The highest BCUT2D eigenvalue weighted by Gasteiger charge is 2.53. The van der Waals surface area contributed by atoms with Crippen LogP contribution >= 0.6 is 0 Å². The maximum absolute atomic E-state index is 15.1. The van der Waals surface area contributed by atoms with Gasteiger partial charge in [-0.2, -0.15) is 0 Å². The monoisotopic (exact) mass is 1200 g/mol. The van der Waals surface area contributed by atoms with Gasteiger partial charge in [0.2, 0.25) is 29.5 Å². The number of likely N-dealkylation sites (tertiary alicyclic amines) is 2. The smallest absolute Gasteiger partial charge is 0.408 e. The minimum atomic E-state index is -4.36. The Balaban J connectivity index is 1.77. The van der Waals surface area contributed by atoms with Crippen LogP contribution < -0.4 is 26.2 Å². The van der Waals surface area contributed by atoms with Crippen molar-refractivity contribution in [1.82, 2.24) is 36.0 Å². The molecule has 6 unspecified atom stereocenters. The molecular formula is C54H83N7O21S. The Hall–Kier alpha value is -6.53. The van der Waals surface area contributed by atoms with Crippen LogP contribution in [0.5, 0.6) is 0 Å². The molecule has 1 aromatic rings. The van der Waals surface area contributed by atoms with Crippen LogP contribution in [0.3, 0.4) is 0 Å². The summed E-state index contributed by atoms with van der Waals surface area (Å²) in [5.74, 6) is -8.00. The number of alkyl carbamates (subject to hydrolysis) is 1. The number of nitrogens with zero attached hydrogens (tertiary/aromatic N) is 2. The van der Waals surface area contributed by atoms with E-state index in [1.807, 2.05) is 18.7 Å². The van der Waals surface area contributed by atoms with Crippen molar-refractivity contribution in [2.24, 2.45) is 0 Å².